The Labute approximate surface area is 111 Å². The number of ether oxygens (including phenoxy) is 1. The minimum absolute atomic E-state index is 0.360. The smallest absolute Gasteiger partial charge is 0.223 e. The largest absolute Gasteiger partial charge is 0.497 e. The van der Waals surface area contributed by atoms with Crippen molar-refractivity contribution in [1.29, 1.82) is 5.26 Å². The molecule has 0 amide bonds. The van der Waals surface area contributed by atoms with Gasteiger partial charge in [-0.3, -0.25) is 0 Å². The fourth-order valence-electron chi connectivity index (χ4n) is 1.65. The molecule has 1 heterocycles. The quantitative estimate of drug-likeness (QED) is 0.883. The van der Waals surface area contributed by atoms with Crippen molar-refractivity contribution in [2.45, 2.75) is 6.42 Å². The number of methoxy groups -OCH3 is 1. The molecular weight excluding hydrogens is 240 g/mol. The van der Waals surface area contributed by atoms with E-state index in [1.165, 1.54) is 5.56 Å². The molecule has 0 radical (unpaired) electrons. The lowest BCUT2D eigenvalue weighted by atomic mass is 10.1. The zero-order valence-electron chi connectivity index (χ0n) is 10.6. The third kappa shape index (κ3) is 3.68. The van der Waals surface area contributed by atoms with Gasteiger partial charge in [0.15, 0.2) is 0 Å². The maximum atomic E-state index is 8.74. The van der Waals surface area contributed by atoms with Crippen molar-refractivity contribution < 1.29 is 4.74 Å². The third-order valence-electron chi connectivity index (χ3n) is 2.60. The molecule has 0 saturated heterocycles. The molecular formula is C14H14N4O. The molecule has 0 unspecified atom stereocenters. The van der Waals surface area contributed by atoms with E-state index in [4.69, 9.17) is 10.00 Å². The number of hydrogen-bond donors (Lipinski definition) is 1. The van der Waals surface area contributed by atoms with Crippen molar-refractivity contribution in [1.82, 2.24) is 9.97 Å². The molecule has 96 valence electrons. The Morgan fingerprint density at radius 3 is 3.05 bits per heavy atom. The summed E-state index contributed by atoms with van der Waals surface area (Å²) >= 11 is 0. The van der Waals surface area contributed by atoms with Gasteiger partial charge in [-0.05, 0) is 30.2 Å². The Kier molecular flexibility index (Phi) is 4.29. The van der Waals surface area contributed by atoms with Crippen LogP contribution in [0.5, 0.6) is 5.75 Å². The van der Waals surface area contributed by atoms with Gasteiger partial charge in [-0.15, -0.1) is 0 Å². The topological polar surface area (TPSA) is 70.8 Å². The van der Waals surface area contributed by atoms with E-state index in [9.17, 15) is 0 Å². The third-order valence-corrected chi connectivity index (χ3v) is 2.60. The van der Waals surface area contributed by atoms with Gasteiger partial charge in [0, 0.05) is 12.7 Å². The first kappa shape index (κ1) is 12.8. The summed E-state index contributed by atoms with van der Waals surface area (Å²) < 4.78 is 5.17. The number of anilines is 1. The average molecular weight is 254 g/mol. The van der Waals surface area contributed by atoms with Crippen LogP contribution >= 0.6 is 0 Å². The first-order chi connectivity index (χ1) is 9.31. The maximum Gasteiger partial charge on any atom is 0.223 e. The lowest BCUT2D eigenvalue weighted by Gasteiger charge is -2.06. The minimum Gasteiger partial charge on any atom is -0.497 e. The molecule has 1 aromatic heterocycles. The van der Waals surface area contributed by atoms with Crippen LogP contribution in [0, 0.1) is 11.3 Å². The summed E-state index contributed by atoms with van der Waals surface area (Å²) in [6.07, 6.45) is 2.40. The van der Waals surface area contributed by atoms with E-state index in [1.807, 2.05) is 30.3 Å². The fourth-order valence-corrected chi connectivity index (χ4v) is 1.65. The van der Waals surface area contributed by atoms with E-state index >= 15 is 0 Å². The Hall–Kier alpha value is -2.61. The van der Waals surface area contributed by atoms with E-state index in [0.29, 0.717) is 18.2 Å². The van der Waals surface area contributed by atoms with Crippen molar-refractivity contribution in [2.24, 2.45) is 0 Å². The highest BCUT2D eigenvalue weighted by Crippen LogP contribution is 2.12. The molecule has 0 aliphatic carbocycles. The molecule has 0 saturated carbocycles. The number of rotatable bonds is 5. The van der Waals surface area contributed by atoms with E-state index in [2.05, 4.69) is 15.3 Å². The minimum atomic E-state index is 0.360. The molecule has 0 aliphatic rings. The first-order valence-corrected chi connectivity index (χ1v) is 5.92. The van der Waals surface area contributed by atoms with Crippen LogP contribution in [-0.2, 0) is 6.42 Å². The van der Waals surface area contributed by atoms with E-state index < -0.39 is 0 Å². The second-order valence-electron chi connectivity index (χ2n) is 3.91. The van der Waals surface area contributed by atoms with Crippen LogP contribution in [-0.4, -0.2) is 23.6 Å². The lowest BCUT2D eigenvalue weighted by molar-refractivity contribution is 0.414. The highest BCUT2D eigenvalue weighted by molar-refractivity contribution is 5.32. The maximum absolute atomic E-state index is 8.74. The van der Waals surface area contributed by atoms with Gasteiger partial charge < -0.3 is 10.1 Å². The normalized spacial score (nSPS) is 9.68. The van der Waals surface area contributed by atoms with Gasteiger partial charge in [-0.25, -0.2) is 9.97 Å². The highest BCUT2D eigenvalue weighted by atomic mass is 16.5. The molecule has 2 aromatic rings. The molecule has 19 heavy (non-hydrogen) atoms. The fraction of sp³-hybridized carbons (Fsp3) is 0.214. The zero-order chi connectivity index (χ0) is 13.5. The molecule has 0 spiro atoms. The number of nitrogens with one attached hydrogen (secondary N) is 1. The van der Waals surface area contributed by atoms with Crippen LogP contribution in [0.1, 0.15) is 11.3 Å². The van der Waals surface area contributed by atoms with Crippen LogP contribution in [0.3, 0.4) is 0 Å². The average Bonchev–Trinajstić information content (AvgIpc) is 2.48. The van der Waals surface area contributed by atoms with Gasteiger partial charge >= 0.3 is 0 Å². The number of benzene rings is 1. The second kappa shape index (κ2) is 6.36. The van der Waals surface area contributed by atoms with Gasteiger partial charge in [0.25, 0.3) is 0 Å². The predicted molar refractivity (Wildman–Crippen MR) is 71.9 cm³/mol. The predicted octanol–water partition coefficient (Wildman–Crippen LogP) is 2.01. The number of nitrogens with zero attached hydrogens (tertiary/aromatic N) is 3. The van der Waals surface area contributed by atoms with Crippen LogP contribution in [0.2, 0.25) is 0 Å². The summed E-state index contributed by atoms with van der Waals surface area (Å²) in [6, 6.07) is 11.5. The summed E-state index contributed by atoms with van der Waals surface area (Å²) in [5, 5.41) is 11.8. The van der Waals surface area contributed by atoms with Crippen LogP contribution in [0.25, 0.3) is 0 Å². The molecule has 0 atom stereocenters. The van der Waals surface area contributed by atoms with Crippen LogP contribution < -0.4 is 10.1 Å². The lowest BCUT2D eigenvalue weighted by Crippen LogP contribution is -2.08. The van der Waals surface area contributed by atoms with Gasteiger partial charge in [-0.1, -0.05) is 12.1 Å². The van der Waals surface area contributed by atoms with Crippen LogP contribution in [0.15, 0.2) is 36.5 Å². The molecule has 0 bridgehead atoms. The van der Waals surface area contributed by atoms with E-state index in [-0.39, 0.29) is 0 Å². The van der Waals surface area contributed by atoms with Crippen molar-refractivity contribution in [3.8, 4) is 11.8 Å². The molecule has 5 heteroatoms. The summed E-state index contributed by atoms with van der Waals surface area (Å²) in [4.78, 5) is 8.10. The molecule has 1 N–H and O–H groups in total. The standard InChI is InChI=1S/C14H14N4O/c1-19-13-4-2-3-11(9-13)5-7-16-14-17-8-6-12(10-15)18-14/h2-4,6,8-9H,5,7H2,1H3,(H,16,17,18). The molecule has 1 aromatic carbocycles. The Morgan fingerprint density at radius 1 is 1.37 bits per heavy atom. The number of nitriles is 1. The molecule has 0 aliphatic heterocycles. The number of aromatic nitrogens is 2. The molecule has 5 nitrogen and oxygen atoms in total. The monoisotopic (exact) mass is 254 g/mol. The summed E-state index contributed by atoms with van der Waals surface area (Å²) in [6.45, 7) is 0.696. The summed E-state index contributed by atoms with van der Waals surface area (Å²) in [5.41, 5.74) is 1.53. The first-order valence-electron chi connectivity index (χ1n) is 5.92. The highest BCUT2D eigenvalue weighted by Gasteiger charge is 1.99. The Bertz CT molecular complexity index is 592. The van der Waals surface area contributed by atoms with Crippen LogP contribution in [0.4, 0.5) is 5.95 Å². The van der Waals surface area contributed by atoms with E-state index in [0.717, 1.165) is 12.2 Å². The van der Waals surface area contributed by atoms with Crippen molar-refractivity contribution in [2.75, 3.05) is 19.0 Å². The van der Waals surface area contributed by atoms with Gasteiger partial charge in [-0.2, -0.15) is 5.26 Å². The van der Waals surface area contributed by atoms with Gasteiger partial charge in [0.2, 0.25) is 5.95 Å². The van der Waals surface area contributed by atoms with Gasteiger partial charge in [0.1, 0.15) is 17.5 Å². The zero-order valence-corrected chi connectivity index (χ0v) is 10.6. The Morgan fingerprint density at radius 2 is 2.26 bits per heavy atom. The second-order valence-corrected chi connectivity index (χ2v) is 3.91. The Balaban J connectivity index is 1.90. The van der Waals surface area contributed by atoms with Crippen molar-refractivity contribution in [3.63, 3.8) is 0 Å². The van der Waals surface area contributed by atoms with Gasteiger partial charge in [0.05, 0.1) is 7.11 Å². The van der Waals surface area contributed by atoms with Crippen molar-refractivity contribution in [3.05, 3.63) is 47.8 Å². The molecule has 0 fully saturated rings. The van der Waals surface area contributed by atoms with E-state index in [1.54, 1.807) is 19.4 Å². The van der Waals surface area contributed by atoms with Crippen molar-refractivity contribution >= 4 is 5.95 Å². The SMILES string of the molecule is COc1cccc(CCNc2nccc(C#N)n2)c1. The molecule has 2 rings (SSSR count). The number of hydrogen-bond acceptors (Lipinski definition) is 5. The summed E-state index contributed by atoms with van der Waals surface area (Å²) in [7, 11) is 1.65. The summed E-state index contributed by atoms with van der Waals surface area (Å²) in [5.74, 6) is 1.32.